The van der Waals surface area contributed by atoms with Crippen LogP contribution in [0.2, 0.25) is 0 Å². The Balaban J connectivity index is 2.24. The second-order valence-electron chi connectivity index (χ2n) is 6.22. The summed E-state index contributed by atoms with van der Waals surface area (Å²) in [6, 6.07) is 0. The van der Waals surface area contributed by atoms with E-state index in [1.54, 1.807) is 6.26 Å². The van der Waals surface area contributed by atoms with E-state index in [4.69, 9.17) is 0 Å². The average Bonchev–Trinajstić information content (AvgIpc) is 2.49. The van der Waals surface area contributed by atoms with E-state index in [0.29, 0.717) is 25.7 Å². The molecule has 124 valence electrons. The molecule has 0 saturated heterocycles. The SMILES string of the molecule is CSC(S(=O)(=O)C1CCCCC1)S(=O)(=O)C1CCCCC1. The number of hydrogen-bond donors (Lipinski definition) is 0. The summed E-state index contributed by atoms with van der Waals surface area (Å²) in [6.07, 6.45) is 9.83. The van der Waals surface area contributed by atoms with Crippen molar-refractivity contribution in [3.8, 4) is 0 Å². The molecule has 2 fully saturated rings. The molecule has 2 aliphatic rings. The summed E-state index contributed by atoms with van der Waals surface area (Å²) in [5, 5.41) is -0.913. The van der Waals surface area contributed by atoms with Crippen molar-refractivity contribution in [2.75, 3.05) is 6.26 Å². The van der Waals surface area contributed by atoms with Crippen molar-refractivity contribution in [2.24, 2.45) is 0 Å². The molecule has 0 N–H and O–H groups in total. The molecule has 0 aliphatic heterocycles. The molecular weight excluding hydrogens is 328 g/mol. The van der Waals surface area contributed by atoms with Crippen LogP contribution in [0.3, 0.4) is 0 Å². The lowest BCUT2D eigenvalue weighted by Gasteiger charge is -2.30. The van der Waals surface area contributed by atoms with Crippen LogP contribution in [-0.4, -0.2) is 37.5 Å². The van der Waals surface area contributed by atoms with Gasteiger partial charge in [0.1, 0.15) is 0 Å². The van der Waals surface area contributed by atoms with Crippen LogP contribution in [0, 0.1) is 0 Å². The fourth-order valence-electron chi connectivity index (χ4n) is 3.56. The molecule has 0 aromatic carbocycles. The molecule has 0 amide bonds. The van der Waals surface area contributed by atoms with Gasteiger partial charge in [0.15, 0.2) is 19.7 Å². The Kier molecular flexibility index (Phi) is 6.05. The van der Waals surface area contributed by atoms with Gasteiger partial charge < -0.3 is 0 Å². The molecule has 0 bridgehead atoms. The van der Waals surface area contributed by atoms with Crippen molar-refractivity contribution in [1.29, 1.82) is 0 Å². The van der Waals surface area contributed by atoms with E-state index in [1.807, 2.05) is 0 Å². The molecule has 7 heteroatoms. The summed E-state index contributed by atoms with van der Waals surface area (Å²) in [4.78, 5) is 0. The molecule has 2 aliphatic carbocycles. The van der Waals surface area contributed by atoms with E-state index >= 15 is 0 Å². The van der Waals surface area contributed by atoms with E-state index in [-0.39, 0.29) is 0 Å². The van der Waals surface area contributed by atoms with Crippen LogP contribution < -0.4 is 0 Å². The van der Waals surface area contributed by atoms with Gasteiger partial charge in [-0.05, 0) is 31.9 Å². The Morgan fingerprint density at radius 2 is 1.05 bits per heavy atom. The normalized spacial score (nSPS) is 23.5. The summed E-state index contributed by atoms with van der Waals surface area (Å²) >= 11 is 0.995. The molecule has 2 rings (SSSR count). The molecule has 21 heavy (non-hydrogen) atoms. The van der Waals surface area contributed by atoms with Gasteiger partial charge in [-0.3, -0.25) is 0 Å². The Labute approximate surface area is 133 Å². The van der Waals surface area contributed by atoms with Gasteiger partial charge in [-0.25, -0.2) is 16.8 Å². The summed E-state index contributed by atoms with van der Waals surface area (Å²) < 4.78 is 50.0. The van der Waals surface area contributed by atoms with Crippen molar-refractivity contribution < 1.29 is 16.8 Å². The molecule has 0 unspecified atom stereocenters. The fraction of sp³-hybridized carbons (Fsp3) is 1.00. The van der Waals surface area contributed by atoms with E-state index < -0.39 is 34.1 Å². The van der Waals surface area contributed by atoms with Crippen LogP contribution in [0.25, 0.3) is 0 Å². The minimum Gasteiger partial charge on any atom is -0.226 e. The van der Waals surface area contributed by atoms with E-state index in [2.05, 4.69) is 0 Å². The van der Waals surface area contributed by atoms with Crippen molar-refractivity contribution in [3.63, 3.8) is 0 Å². The highest BCUT2D eigenvalue weighted by atomic mass is 32.3. The number of hydrogen-bond acceptors (Lipinski definition) is 5. The molecule has 0 radical (unpaired) electrons. The summed E-state index contributed by atoms with van der Waals surface area (Å²) in [5.41, 5.74) is 0. The van der Waals surface area contributed by atoms with E-state index in [9.17, 15) is 16.8 Å². The molecule has 0 aromatic heterocycles. The lowest BCUT2D eigenvalue weighted by Crippen LogP contribution is -2.41. The summed E-state index contributed by atoms with van der Waals surface area (Å²) in [5.74, 6) is 0. The van der Waals surface area contributed by atoms with E-state index in [1.165, 1.54) is 0 Å². The highest BCUT2D eigenvalue weighted by Gasteiger charge is 2.45. The molecule has 0 aromatic rings. The minimum absolute atomic E-state index is 0.456. The Morgan fingerprint density at radius 1 is 0.714 bits per heavy atom. The van der Waals surface area contributed by atoms with Crippen molar-refractivity contribution in [2.45, 2.75) is 78.6 Å². The van der Waals surface area contributed by atoms with Crippen LogP contribution in [0.15, 0.2) is 0 Å². The lowest BCUT2D eigenvalue weighted by atomic mass is 10.0. The van der Waals surface area contributed by atoms with Gasteiger partial charge in [0.25, 0.3) is 0 Å². The topological polar surface area (TPSA) is 68.3 Å². The highest BCUT2D eigenvalue weighted by Crippen LogP contribution is 2.36. The Morgan fingerprint density at radius 3 is 1.33 bits per heavy atom. The van der Waals surface area contributed by atoms with Gasteiger partial charge in [0.2, 0.25) is 3.91 Å². The van der Waals surface area contributed by atoms with Crippen LogP contribution in [-0.2, 0) is 19.7 Å². The molecule has 4 nitrogen and oxygen atoms in total. The molecule has 2 saturated carbocycles. The summed E-state index contributed by atoms with van der Waals surface area (Å²) in [7, 11) is -7.21. The largest absolute Gasteiger partial charge is 0.226 e. The van der Waals surface area contributed by atoms with Crippen molar-refractivity contribution >= 4 is 31.4 Å². The second kappa shape index (κ2) is 7.21. The predicted molar refractivity (Wildman–Crippen MR) is 88.9 cm³/mol. The third-order valence-electron chi connectivity index (χ3n) is 4.76. The van der Waals surface area contributed by atoms with Crippen LogP contribution in [0.4, 0.5) is 0 Å². The first kappa shape index (κ1) is 17.6. The highest BCUT2D eigenvalue weighted by molar-refractivity contribution is 8.27. The van der Waals surface area contributed by atoms with Crippen LogP contribution in [0.1, 0.15) is 64.2 Å². The van der Waals surface area contributed by atoms with Gasteiger partial charge in [-0.2, -0.15) is 0 Å². The van der Waals surface area contributed by atoms with Crippen molar-refractivity contribution in [1.82, 2.24) is 0 Å². The Bertz CT molecular complexity index is 479. The standard InChI is InChI=1S/C14H26O4S3/c1-19-14(20(15,16)12-8-4-2-5-9-12)21(17,18)13-10-6-3-7-11-13/h12-14H,2-11H2,1H3. The lowest BCUT2D eigenvalue weighted by molar-refractivity contribution is 0.477. The second-order valence-corrected chi connectivity index (χ2v) is 12.7. The summed E-state index contributed by atoms with van der Waals surface area (Å²) in [6.45, 7) is 0. The predicted octanol–water partition coefficient (Wildman–Crippen LogP) is 3.13. The third kappa shape index (κ3) is 3.78. The third-order valence-corrected chi connectivity index (χ3v) is 13.4. The number of thioether (sulfide) groups is 1. The first-order chi connectivity index (χ1) is 9.90. The molecule has 0 atom stereocenters. The zero-order valence-electron chi connectivity index (χ0n) is 12.7. The zero-order valence-corrected chi connectivity index (χ0v) is 15.1. The Hall–Kier alpha value is 0.250. The maximum atomic E-state index is 12.8. The van der Waals surface area contributed by atoms with Gasteiger partial charge >= 0.3 is 0 Å². The van der Waals surface area contributed by atoms with Crippen LogP contribution >= 0.6 is 11.8 Å². The van der Waals surface area contributed by atoms with Crippen molar-refractivity contribution in [3.05, 3.63) is 0 Å². The van der Waals surface area contributed by atoms with Gasteiger partial charge in [-0.15, -0.1) is 11.8 Å². The monoisotopic (exact) mass is 354 g/mol. The number of rotatable bonds is 5. The maximum Gasteiger partial charge on any atom is 0.208 e. The minimum atomic E-state index is -3.61. The maximum absolute atomic E-state index is 12.8. The average molecular weight is 355 g/mol. The van der Waals surface area contributed by atoms with Gasteiger partial charge in [0, 0.05) is 0 Å². The smallest absolute Gasteiger partial charge is 0.208 e. The zero-order chi connectivity index (χ0) is 15.5. The van der Waals surface area contributed by atoms with Gasteiger partial charge in [0.05, 0.1) is 10.5 Å². The molecule has 0 heterocycles. The number of sulfone groups is 2. The molecule has 0 spiro atoms. The van der Waals surface area contributed by atoms with E-state index in [0.717, 1.165) is 50.3 Å². The molecular formula is C14H26O4S3. The quantitative estimate of drug-likeness (QED) is 0.759. The first-order valence-electron chi connectivity index (χ1n) is 7.89. The van der Waals surface area contributed by atoms with Crippen LogP contribution in [0.5, 0.6) is 0 Å². The first-order valence-corrected chi connectivity index (χ1v) is 12.4. The van der Waals surface area contributed by atoms with Gasteiger partial charge in [-0.1, -0.05) is 38.5 Å². The fourth-order valence-corrected chi connectivity index (χ4v) is 11.7.